The van der Waals surface area contributed by atoms with E-state index in [-0.39, 0.29) is 40.1 Å². The van der Waals surface area contributed by atoms with Crippen LogP contribution in [0.4, 0.5) is 5.69 Å². The lowest BCUT2D eigenvalue weighted by molar-refractivity contribution is -0.136. The molecule has 2 aliphatic rings. The van der Waals surface area contributed by atoms with E-state index in [0.717, 1.165) is 11.6 Å². The van der Waals surface area contributed by atoms with E-state index >= 15 is 0 Å². The molecular formula is C23H25ClN2O7S2. The largest absolute Gasteiger partial charge is 0.452 e. The number of sulfone groups is 1. The van der Waals surface area contributed by atoms with Crippen LogP contribution in [0, 0.1) is 0 Å². The van der Waals surface area contributed by atoms with E-state index in [0.29, 0.717) is 18.5 Å². The predicted molar refractivity (Wildman–Crippen MR) is 131 cm³/mol. The highest BCUT2D eigenvalue weighted by Crippen LogP contribution is 2.35. The number of benzene rings is 2. The minimum Gasteiger partial charge on any atom is -0.452 e. The van der Waals surface area contributed by atoms with Gasteiger partial charge in [-0.15, -0.1) is 0 Å². The van der Waals surface area contributed by atoms with Gasteiger partial charge in [0.1, 0.15) is 4.90 Å². The number of carbonyl (C=O) groups is 2. The zero-order valence-corrected chi connectivity index (χ0v) is 21.4. The predicted octanol–water partition coefficient (Wildman–Crippen LogP) is 2.28. The van der Waals surface area contributed by atoms with Crippen molar-refractivity contribution < 1.29 is 31.2 Å². The van der Waals surface area contributed by atoms with Crippen LogP contribution in [0.1, 0.15) is 29.3 Å². The molecular weight excluding hydrogens is 516 g/mol. The molecule has 2 aromatic carbocycles. The number of rotatable bonds is 7. The average molecular weight is 541 g/mol. The highest BCUT2D eigenvalue weighted by molar-refractivity contribution is 7.93. The maximum absolute atomic E-state index is 13.4. The number of fused-ring (bicyclic) bond motifs is 1. The minimum atomic E-state index is -4.05. The molecule has 2 heterocycles. The monoisotopic (exact) mass is 540 g/mol. The first-order chi connectivity index (χ1) is 16.5. The molecule has 0 bridgehead atoms. The smallest absolute Gasteiger partial charge is 0.338 e. The Kier molecular flexibility index (Phi) is 7.12. The summed E-state index contributed by atoms with van der Waals surface area (Å²) >= 11 is 6.21. The lowest BCUT2D eigenvalue weighted by Gasteiger charge is -2.26. The Bertz CT molecular complexity index is 1380. The summed E-state index contributed by atoms with van der Waals surface area (Å²) in [6, 6.07) is 10.5. The summed E-state index contributed by atoms with van der Waals surface area (Å²) in [5.74, 6) is -1.50. The van der Waals surface area contributed by atoms with Gasteiger partial charge in [-0.2, -0.15) is 0 Å². The lowest BCUT2D eigenvalue weighted by Crippen LogP contribution is -2.43. The molecule has 4 rings (SSSR count). The van der Waals surface area contributed by atoms with Crippen LogP contribution in [-0.2, 0) is 35.8 Å². The van der Waals surface area contributed by atoms with Crippen LogP contribution in [0.15, 0.2) is 47.4 Å². The number of para-hydroxylation sites is 1. The van der Waals surface area contributed by atoms with Gasteiger partial charge in [-0.1, -0.05) is 29.8 Å². The summed E-state index contributed by atoms with van der Waals surface area (Å²) < 4.78 is 56.6. The van der Waals surface area contributed by atoms with E-state index in [1.807, 2.05) is 12.1 Å². The number of nitrogens with zero attached hydrogens (tertiary/aromatic N) is 2. The van der Waals surface area contributed by atoms with Gasteiger partial charge in [-0.25, -0.2) is 21.6 Å². The first kappa shape index (κ1) is 25.5. The van der Waals surface area contributed by atoms with Gasteiger partial charge in [-0.05, 0) is 49.6 Å². The van der Waals surface area contributed by atoms with E-state index in [2.05, 4.69) is 0 Å². The Labute approximate surface area is 209 Å². The van der Waals surface area contributed by atoms with Crippen LogP contribution in [0.5, 0.6) is 0 Å². The van der Waals surface area contributed by atoms with Crippen LogP contribution in [0.3, 0.4) is 0 Å². The quantitative estimate of drug-likeness (QED) is 0.494. The number of esters is 1. The highest BCUT2D eigenvalue weighted by Gasteiger charge is 2.35. The Morgan fingerprint density at radius 1 is 1.20 bits per heavy atom. The zero-order valence-electron chi connectivity index (χ0n) is 19.0. The molecule has 1 fully saturated rings. The van der Waals surface area contributed by atoms with Crippen molar-refractivity contribution in [3.8, 4) is 0 Å². The summed E-state index contributed by atoms with van der Waals surface area (Å²) in [4.78, 5) is 26.4. The van der Waals surface area contributed by atoms with Crippen molar-refractivity contribution in [1.82, 2.24) is 4.90 Å². The van der Waals surface area contributed by atoms with Crippen molar-refractivity contribution in [2.45, 2.75) is 30.7 Å². The van der Waals surface area contributed by atoms with Gasteiger partial charge in [0.25, 0.3) is 15.9 Å². The van der Waals surface area contributed by atoms with Crippen molar-refractivity contribution in [2.24, 2.45) is 0 Å². The van der Waals surface area contributed by atoms with Crippen LogP contribution in [-0.4, -0.2) is 70.9 Å². The maximum atomic E-state index is 13.4. The Hall–Kier alpha value is -2.63. The number of hydrogen-bond donors (Lipinski definition) is 0. The van der Waals surface area contributed by atoms with Gasteiger partial charge in [0.05, 0.1) is 27.8 Å². The molecule has 1 saturated heterocycles. The third-order valence-corrected chi connectivity index (χ3v) is 10.3. The van der Waals surface area contributed by atoms with Gasteiger partial charge in [0, 0.05) is 19.1 Å². The van der Waals surface area contributed by atoms with Crippen molar-refractivity contribution in [3.05, 3.63) is 58.6 Å². The number of likely N-dealkylation sites (N-methyl/N-ethyl adjacent to an activating group) is 1. The molecule has 0 aliphatic carbocycles. The second-order valence-electron chi connectivity index (χ2n) is 8.41. The standard InChI is InChI=1S/C23H25ClN2O7S2/c1-2-25(18-10-12-34(29,30)15-18)22(27)14-33-23(28)17-7-8-19(24)21(13-17)35(31,32)26-11-9-16-5-3-4-6-20(16)26/h3-8,13,18H,2,9-12,14-15H2,1H3/t18-/m1/s1. The summed E-state index contributed by atoms with van der Waals surface area (Å²) in [6.45, 7) is 1.66. The minimum absolute atomic E-state index is 0.0186. The third kappa shape index (κ3) is 5.17. The van der Waals surface area contributed by atoms with Gasteiger partial charge < -0.3 is 9.64 Å². The van der Waals surface area contributed by atoms with E-state index in [1.54, 1.807) is 19.1 Å². The van der Waals surface area contributed by atoms with Gasteiger partial charge in [0.15, 0.2) is 16.4 Å². The molecule has 2 aromatic rings. The fraction of sp³-hybridized carbons (Fsp3) is 0.391. The zero-order chi connectivity index (χ0) is 25.4. The molecule has 35 heavy (non-hydrogen) atoms. The second-order valence-corrected chi connectivity index (χ2v) is 12.9. The first-order valence-electron chi connectivity index (χ1n) is 11.1. The van der Waals surface area contributed by atoms with Crippen molar-refractivity contribution in [1.29, 1.82) is 0 Å². The topological polar surface area (TPSA) is 118 Å². The van der Waals surface area contributed by atoms with Crippen molar-refractivity contribution in [2.75, 3.05) is 35.5 Å². The molecule has 0 saturated carbocycles. The Morgan fingerprint density at radius 2 is 1.94 bits per heavy atom. The molecule has 12 heteroatoms. The first-order valence-corrected chi connectivity index (χ1v) is 14.7. The lowest BCUT2D eigenvalue weighted by atomic mass is 10.2. The molecule has 0 aromatic heterocycles. The maximum Gasteiger partial charge on any atom is 0.338 e. The fourth-order valence-corrected chi connectivity index (χ4v) is 8.19. The number of sulfonamides is 1. The number of halogens is 1. The van der Waals surface area contributed by atoms with E-state index in [1.165, 1.54) is 21.3 Å². The Balaban J connectivity index is 1.49. The van der Waals surface area contributed by atoms with Crippen LogP contribution >= 0.6 is 11.6 Å². The number of anilines is 1. The molecule has 9 nitrogen and oxygen atoms in total. The summed E-state index contributed by atoms with van der Waals surface area (Å²) in [7, 11) is -7.23. The highest BCUT2D eigenvalue weighted by atomic mass is 35.5. The summed E-state index contributed by atoms with van der Waals surface area (Å²) in [6.07, 6.45) is 0.904. The number of amides is 1. The number of carbonyl (C=O) groups excluding carboxylic acids is 2. The van der Waals surface area contributed by atoms with Crippen molar-refractivity contribution in [3.63, 3.8) is 0 Å². The molecule has 1 atom stereocenters. The van der Waals surface area contributed by atoms with Gasteiger partial charge in [0.2, 0.25) is 0 Å². The van der Waals surface area contributed by atoms with E-state index in [4.69, 9.17) is 16.3 Å². The molecule has 0 N–H and O–H groups in total. The van der Waals surface area contributed by atoms with Crippen LogP contribution < -0.4 is 4.31 Å². The number of ether oxygens (including phenoxy) is 1. The van der Waals surface area contributed by atoms with Crippen LogP contribution in [0.25, 0.3) is 0 Å². The van der Waals surface area contributed by atoms with Crippen molar-refractivity contribution >= 4 is 49.0 Å². The summed E-state index contributed by atoms with van der Waals surface area (Å²) in [5, 5.41) is -0.0402. The van der Waals surface area contributed by atoms with Gasteiger partial charge in [-0.3, -0.25) is 9.10 Å². The van der Waals surface area contributed by atoms with E-state index in [9.17, 15) is 26.4 Å². The fourth-order valence-electron chi connectivity index (χ4n) is 4.46. The molecule has 2 aliphatic heterocycles. The third-order valence-electron chi connectivity index (χ3n) is 6.22. The SMILES string of the molecule is CCN(C(=O)COC(=O)c1ccc(Cl)c(S(=O)(=O)N2CCc3ccccc32)c1)[C@@H]1CCS(=O)(=O)C1. The molecule has 0 spiro atoms. The molecule has 188 valence electrons. The second kappa shape index (κ2) is 9.79. The van der Waals surface area contributed by atoms with Crippen LogP contribution in [0.2, 0.25) is 5.02 Å². The normalized spacial score (nSPS) is 18.8. The molecule has 0 radical (unpaired) electrons. The van der Waals surface area contributed by atoms with Gasteiger partial charge >= 0.3 is 5.97 Å². The average Bonchev–Trinajstić information content (AvgIpc) is 3.41. The summed E-state index contributed by atoms with van der Waals surface area (Å²) in [5.41, 5.74) is 1.40. The molecule has 1 amide bonds. The molecule has 0 unspecified atom stereocenters. The Morgan fingerprint density at radius 3 is 2.63 bits per heavy atom. The van der Waals surface area contributed by atoms with E-state index < -0.39 is 44.4 Å². The number of hydrogen-bond acceptors (Lipinski definition) is 7.